The number of unbranched alkanes of at least 4 members (excludes halogenated alkanes) is 25. The van der Waals surface area contributed by atoms with Gasteiger partial charge in [-0.2, -0.15) is 8.42 Å². The largest absolute Gasteiger partial charge is 0.457 e. The van der Waals surface area contributed by atoms with Crippen molar-refractivity contribution in [2.45, 2.75) is 250 Å². The SMILES string of the molecule is CCCCC/C=C\C/C=C\C/C=C\CCCCCCCCCOCC(COC1OC(CO)C(O)C(OS(=O)(=O)O)C1O)OC(=O)CCCCCCCCCCCCCCCCCC. The number of ether oxygens (including phenoxy) is 4. The minimum Gasteiger partial charge on any atom is -0.457 e. The van der Waals surface area contributed by atoms with E-state index in [1.807, 2.05) is 0 Å². The first-order valence-corrected chi connectivity index (χ1v) is 26.6. The van der Waals surface area contributed by atoms with E-state index in [0.29, 0.717) is 13.0 Å². The summed E-state index contributed by atoms with van der Waals surface area (Å²) < 4.78 is 59.2. The van der Waals surface area contributed by atoms with E-state index >= 15 is 0 Å². The fourth-order valence-electron chi connectivity index (χ4n) is 7.68. The maximum Gasteiger partial charge on any atom is 0.397 e. The van der Waals surface area contributed by atoms with Gasteiger partial charge in [0.1, 0.15) is 30.5 Å². The highest BCUT2D eigenvalue weighted by molar-refractivity contribution is 7.80. The third-order valence-corrected chi connectivity index (χ3v) is 12.0. The lowest BCUT2D eigenvalue weighted by Crippen LogP contribution is -2.60. The van der Waals surface area contributed by atoms with Crippen molar-refractivity contribution in [2.24, 2.45) is 0 Å². The smallest absolute Gasteiger partial charge is 0.397 e. The summed E-state index contributed by atoms with van der Waals surface area (Å²) in [7, 11) is -5.06. The molecule has 0 radical (unpaired) electrons. The molecular formula is C50H92O12S. The molecule has 0 aromatic rings. The van der Waals surface area contributed by atoms with Crippen molar-refractivity contribution in [2.75, 3.05) is 26.4 Å². The van der Waals surface area contributed by atoms with Crippen LogP contribution in [0.1, 0.15) is 213 Å². The lowest BCUT2D eigenvalue weighted by Gasteiger charge is -2.41. The Morgan fingerprint density at radius 1 is 0.603 bits per heavy atom. The number of esters is 1. The predicted molar refractivity (Wildman–Crippen MR) is 253 cm³/mol. The Balaban J connectivity index is 2.38. The molecule has 1 rings (SSSR count). The first-order chi connectivity index (χ1) is 30.6. The van der Waals surface area contributed by atoms with E-state index in [-0.39, 0.29) is 19.6 Å². The number of aliphatic hydroxyl groups excluding tert-OH is 3. The fourth-order valence-corrected chi connectivity index (χ4v) is 8.19. The summed E-state index contributed by atoms with van der Waals surface area (Å²) in [4.78, 5) is 12.9. The van der Waals surface area contributed by atoms with Crippen LogP contribution in [-0.2, 0) is 38.3 Å². The minimum absolute atomic E-state index is 0.0317. The van der Waals surface area contributed by atoms with Crippen LogP contribution < -0.4 is 0 Å². The van der Waals surface area contributed by atoms with E-state index in [1.54, 1.807) is 0 Å². The zero-order chi connectivity index (χ0) is 46.1. The first-order valence-electron chi connectivity index (χ1n) is 25.2. The highest BCUT2D eigenvalue weighted by atomic mass is 32.3. The lowest BCUT2D eigenvalue weighted by molar-refractivity contribution is -0.301. The van der Waals surface area contributed by atoms with Gasteiger partial charge in [-0.05, 0) is 51.4 Å². The third kappa shape index (κ3) is 35.2. The Morgan fingerprint density at radius 2 is 1.05 bits per heavy atom. The number of hydrogen-bond acceptors (Lipinski definition) is 11. The summed E-state index contributed by atoms with van der Waals surface area (Å²) in [5.74, 6) is -0.400. The Morgan fingerprint density at radius 3 is 1.56 bits per heavy atom. The van der Waals surface area contributed by atoms with Gasteiger partial charge >= 0.3 is 16.4 Å². The van der Waals surface area contributed by atoms with E-state index in [1.165, 1.54) is 128 Å². The topological polar surface area (TPSA) is 178 Å². The maximum atomic E-state index is 12.9. The fraction of sp³-hybridized carbons (Fsp3) is 0.860. The van der Waals surface area contributed by atoms with E-state index in [9.17, 15) is 33.1 Å². The highest BCUT2D eigenvalue weighted by Gasteiger charge is 2.48. The van der Waals surface area contributed by atoms with E-state index in [0.717, 1.165) is 57.8 Å². The van der Waals surface area contributed by atoms with Gasteiger partial charge in [0, 0.05) is 13.0 Å². The molecule has 4 N–H and O–H groups in total. The minimum atomic E-state index is -5.06. The number of rotatable bonds is 44. The van der Waals surface area contributed by atoms with Crippen LogP contribution in [0.15, 0.2) is 36.5 Å². The second-order valence-electron chi connectivity index (χ2n) is 17.4. The average molecular weight is 917 g/mol. The molecule has 0 spiro atoms. The molecule has 0 aromatic heterocycles. The summed E-state index contributed by atoms with van der Waals surface area (Å²) in [6.45, 7) is 3.97. The van der Waals surface area contributed by atoms with Crippen LogP contribution in [0.5, 0.6) is 0 Å². The van der Waals surface area contributed by atoms with Gasteiger partial charge in [0.25, 0.3) is 0 Å². The van der Waals surface area contributed by atoms with Crippen molar-refractivity contribution in [3.8, 4) is 0 Å². The number of allylic oxidation sites excluding steroid dienone is 6. The van der Waals surface area contributed by atoms with Crippen molar-refractivity contribution < 1.29 is 56.2 Å². The second kappa shape index (κ2) is 41.7. The van der Waals surface area contributed by atoms with Crippen LogP contribution in [-0.4, -0.2) is 97.5 Å². The molecular weight excluding hydrogens is 825 g/mol. The molecule has 0 saturated carbocycles. The molecule has 12 nitrogen and oxygen atoms in total. The first kappa shape index (κ1) is 59.3. The molecule has 6 atom stereocenters. The molecule has 0 amide bonds. The van der Waals surface area contributed by atoms with Crippen LogP contribution in [0.3, 0.4) is 0 Å². The van der Waals surface area contributed by atoms with Gasteiger partial charge in [-0.15, -0.1) is 0 Å². The summed E-state index contributed by atoms with van der Waals surface area (Å²) in [6, 6.07) is 0. The van der Waals surface area contributed by atoms with Gasteiger partial charge in [-0.1, -0.05) is 192 Å². The van der Waals surface area contributed by atoms with Crippen LogP contribution in [0.4, 0.5) is 0 Å². The molecule has 1 aliphatic rings. The predicted octanol–water partition coefficient (Wildman–Crippen LogP) is 11.4. The number of carbonyl (C=O) groups excluding carboxylic acids is 1. The second-order valence-corrected chi connectivity index (χ2v) is 18.5. The summed E-state index contributed by atoms with van der Waals surface area (Å²) in [6.07, 6.45) is 40.3. The summed E-state index contributed by atoms with van der Waals surface area (Å²) in [5.41, 5.74) is 0. The number of carbonyl (C=O) groups is 1. The molecule has 1 aliphatic heterocycles. The van der Waals surface area contributed by atoms with E-state index in [2.05, 4.69) is 54.5 Å². The molecule has 13 heteroatoms. The normalized spacial score (nSPS) is 20.1. The van der Waals surface area contributed by atoms with Gasteiger partial charge in [0.15, 0.2) is 6.29 Å². The van der Waals surface area contributed by atoms with Crippen LogP contribution in [0, 0.1) is 0 Å². The van der Waals surface area contributed by atoms with E-state index < -0.39 is 59.8 Å². The molecule has 0 bridgehead atoms. The van der Waals surface area contributed by atoms with Gasteiger partial charge < -0.3 is 34.3 Å². The molecule has 0 aliphatic carbocycles. The summed E-state index contributed by atoms with van der Waals surface area (Å²) >= 11 is 0. The molecule has 63 heavy (non-hydrogen) atoms. The summed E-state index contributed by atoms with van der Waals surface area (Å²) in [5, 5.41) is 30.7. The lowest BCUT2D eigenvalue weighted by atomic mass is 9.99. The molecule has 1 saturated heterocycles. The molecule has 6 unspecified atom stereocenters. The number of aliphatic hydroxyl groups is 3. The Labute approximate surface area is 383 Å². The van der Waals surface area contributed by atoms with Crippen molar-refractivity contribution >= 4 is 16.4 Å². The molecule has 0 aromatic carbocycles. The average Bonchev–Trinajstić information content (AvgIpc) is 3.26. The van der Waals surface area contributed by atoms with Crippen molar-refractivity contribution in [3.63, 3.8) is 0 Å². The highest BCUT2D eigenvalue weighted by Crippen LogP contribution is 2.26. The van der Waals surface area contributed by atoms with Gasteiger partial charge in [0.2, 0.25) is 0 Å². The maximum absolute atomic E-state index is 12.9. The van der Waals surface area contributed by atoms with Gasteiger partial charge in [0.05, 0.1) is 19.8 Å². The Bertz CT molecular complexity index is 1240. The zero-order valence-corrected chi connectivity index (χ0v) is 40.5. The van der Waals surface area contributed by atoms with Crippen LogP contribution >= 0.6 is 0 Å². The van der Waals surface area contributed by atoms with Crippen molar-refractivity contribution in [1.29, 1.82) is 0 Å². The van der Waals surface area contributed by atoms with Gasteiger partial charge in [-0.3, -0.25) is 9.35 Å². The van der Waals surface area contributed by atoms with E-state index in [4.69, 9.17) is 18.9 Å². The van der Waals surface area contributed by atoms with Crippen LogP contribution in [0.2, 0.25) is 0 Å². The Kier molecular flexibility index (Phi) is 39.3. The quantitative estimate of drug-likeness (QED) is 0.0197. The third-order valence-electron chi connectivity index (χ3n) is 11.5. The molecule has 1 fully saturated rings. The monoisotopic (exact) mass is 917 g/mol. The van der Waals surface area contributed by atoms with Crippen LogP contribution in [0.25, 0.3) is 0 Å². The van der Waals surface area contributed by atoms with Gasteiger partial charge in [-0.25, -0.2) is 4.18 Å². The number of hydrogen-bond donors (Lipinski definition) is 4. The standard InChI is InChI=1S/C50H92O12S/c1-3-5-7-9-11-13-15-17-19-21-22-23-24-26-28-30-32-34-36-38-40-58-42-44(43-59-50-48(54)49(62-63(55,56)57)47(53)45(41-51)61-50)60-46(52)39-37-35-33-31-29-27-25-20-18-16-14-12-10-8-6-4-2/h11,13,17,19,22-23,44-45,47-51,53-54H,3-10,12,14-16,18,20-21,24-43H2,1-2H3,(H,55,56,57)/b13-11-,19-17-,23-22-. The molecule has 1 heterocycles. The molecule has 370 valence electrons. The Hall–Kier alpha value is -1.68. The zero-order valence-electron chi connectivity index (χ0n) is 39.6. The van der Waals surface area contributed by atoms with Crippen molar-refractivity contribution in [1.82, 2.24) is 0 Å². The van der Waals surface area contributed by atoms with Crippen molar-refractivity contribution in [3.05, 3.63) is 36.5 Å².